The van der Waals surface area contributed by atoms with Gasteiger partial charge >= 0.3 is 5.69 Å². The molecule has 0 saturated carbocycles. The van der Waals surface area contributed by atoms with Crippen molar-refractivity contribution < 1.29 is 4.79 Å². The lowest BCUT2D eigenvalue weighted by Crippen LogP contribution is -2.26. The van der Waals surface area contributed by atoms with Gasteiger partial charge in [0.25, 0.3) is 5.91 Å². The Kier molecular flexibility index (Phi) is 4.78. The van der Waals surface area contributed by atoms with Crippen molar-refractivity contribution in [1.29, 1.82) is 0 Å². The number of nitrogens with one attached hydrogen (secondary N) is 3. The van der Waals surface area contributed by atoms with Gasteiger partial charge in [-0.05, 0) is 43.7 Å². The Balaban J connectivity index is 1.56. The fourth-order valence-electron chi connectivity index (χ4n) is 3.02. The summed E-state index contributed by atoms with van der Waals surface area (Å²) in [6.45, 7) is 3.72. The molecular weight excluding hydrogens is 396 g/mol. The molecule has 8 heteroatoms. The second-order valence-corrected chi connectivity index (χ2v) is 7.96. The molecule has 0 saturated heterocycles. The molecule has 3 N–H and O–H groups in total. The molecule has 0 aliphatic heterocycles. The molecule has 0 bridgehead atoms. The van der Waals surface area contributed by atoms with Crippen molar-refractivity contribution >= 4 is 39.9 Å². The minimum absolute atomic E-state index is 0.182. The molecule has 0 fully saturated rings. The summed E-state index contributed by atoms with van der Waals surface area (Å²) >= 11 is 7.39. The number of fused-ring (bicyclic) bond motifs is 1. The highest BCUT2D eigenvalue weighted by Crippen LogP contribution is 2.30. The van der Waals surface area contributed by atoms with Gasteiger partial charge in [0, 0.05) is 10.6 Å². The van der Waals surface area contributed by atoms with Crippen LogP contribution >= 0.6 is 22.9 Å². The number of halogens is 1. The van der Waals surface area contributed by atoms with Crippen LogP contribution in [0.25, 0.3) is 21.6 Å². The number of H-pyrrole nitrogens is 2. The van der Waals surface area contributed by atoms with Gasteiger partial charge in [-0.15, -0.1) is 11.3 Å². The predicted molar refractivity (Wildman–Crippen MR) is 112 cm³/mol. The number of hydrogen-bond donors (Lipinski definition) is 3. The number of nitrogens with zero attached hydrogens (tertiary/aromatic N) is 1. The van der Waals surface area contributed by atoms with Gasteiger partial charge in [0.1, 0.15) is 9.88 Å². The topological polar surface area (TPSA) is 90.6 Å². The van der Waals surface area contributed by atoms with Crippen LogP contribution < -0.4 is 11.0 Å². The van der Waals surface area contributed by atoms with E-state index < -0.39 is 0 Å². The molecule has 28 heavy (non-hydrogen) atoms. The number of aromatic nitrogens is 3. The van der Waals surface area contributed by atoms with Gasteiger partial charge in [0.15, 0.2) is 0 Å². The van der Waals surface area contributed by atoms with Gasteiger partial charge < -0.3 is 15.3 Å². The molecule has 2 aromatic heterocycles. The number of aryl methyl sites for hydroxylation is 1. The molecule has 0 radical (unpaired) electrons. The number of aromatic amines is 2. The number of carbonyl (C=O) groups excluding carboxylic acids is 1. The first-order chi connectivity index (χ1) is 13.4. The molecule has 4 rings (SSSR count). The van der Waals surface area contributed by atoms with Crippen LogP contribution in [0.15, 0.2) is 47.3 Å². The monoisotopic (exact) mass is 412 g/mol. The van der Waals surface area contributed by atoms with Crippen LogP contribution in [-0.2, 0) is 0 Å². The zero-order valence-corrected chi connectivity index (χ0v) is 16.7. The number of amides is 1. The highest BCUT2D eigenvalue weighted by Gasteiger charge is 2.19. The Morgan fingerprint density at radius 3 is 2.75 bits per heavy atom. The van der Waals surface area contributed by atoms with Crippen molar-refractivity contribution in [2.24, 2.45) is 0 Å². The van der Waals surface area contributed by atoms with Crippen LogP contribution in [-0.4, -0.2) is 20.9 Å². The molecule has 4 aromatic rings. The predicted octanol–water partition coefficient (Wildman–Crippen LogP) is 4.43. The maximum absolute atomic E-state index is 12.8. The van der Waals surface area contributed by atoms with Crippen LogP contribution in [0.2, 0.25) is 5.02 Å². The molecule has 1 unspecified atom stereocenters. The fraction of sp³-hybridized carbons (Fsp3) is 0.150. The smallest absolute Gasteiger partial charge is 0.323 e. The van der Waals surface area contributed by atoms with E-state index in [-0.39, 0.29) is 17.6 Å². The summed E-state index contributed by atoms with van der Waals surface area (Å²) < 4.78 is 0. The minimum atomic E-state index is -0.252. The van der Waals surface area contributed by atoms with E-state index >= 15 is 0 Å². The van der Waals surface area contributed by atoms with E-state index in [0.29, 0.717) is 21.1 Å². The lowest BCUT2D eigenvalue weighted by molar-refractivity contribution is 0.0943. The molecule has 1 atom stereocenters. The number of thiazole rings is 1. The summed E-state index contributed by atoms with van der Waals surface area (Å²) in [4.78, 5) is 34.7. The maximum Gasteiger partial charge on any atom is 0.323 e. The number of imidazole rings is 1. The second-order valence-electron chi connectivity index (χ2n) is 6.52. The Morgan fingerprint density at radius 2 is 1.96 bits per heavy atom. The molecular formula is C20H17ClN4O2S. The Morgan fingerprint density at radius 1 is 1.18 bits per heavy atom. The first-order valence-corrected chi connectivity index (χ1v) is 9.86. The van der Waals surface area contributed by atoms with Crippen molar-refractivity contribution in [3.63, 3.8) is 0 Å². The van der Waals surface area contributed by atoms with Crippen LogP contribution in [0.4, 0.5) is 0 Å². The van der Waals surface area contributed by atoms with E-state index in [4.69, 9.17) is 11.6 Å². The summed E-state index contributed by atoms with van der Waals surface area (Å²) in [5.74, 6) is -0.182. The van der Waals surface area contributed by atoms with Gasteiger partial charge in [0.2, 0.25) is 0 Å². The summed E-state index contributed by atoms with van der Waals surface area (Å²) in [6, 6.07) is 12.7. The fourth-order valence-corrected chi connectivity index (χ4v) is 4.17. The lowest BCUT2D eigenvalue weighted by Gasteiger charge is -2.14. The van der Waals surface area contributed by atoms with E-state index in [9.17, 15) is 9.59 Å². The van der Waals surface area contributed by atoms with Gasteiger partial charge in [-0.2, -0.15) is 0 Å². The van der Waals surface area contributed by atoms with Gasteiger partial charge in [-0.25, -0.2) is 9.78 Å². The third kappa shape index (κ3) is 3.58. The van der Waals surface area contributed by atoms with E-state index in [1.807, 2.05) is 50.2 Å². The van der Waals surface area contributed by atoms with Crippen molar-refractivity contribution in [1.82, 2.24) is 20.3 Å². The average molecular weight is 413 g/mol. The Hall–Kier alpha value is -2.90. The standard InChI is InChI=1S/C20H17ClN4O2S/c1-10(12-6-7-15-16(9-12)25-20(27)24-15)22-18(26)17-11(2)23-19(28-17)13-4-3-5-14(21)8-13/h3-10H,1-2H3,(H,22,26)(H2,24,25,27). The van der Waals surface area contributed by atoms with Gasteiger partial charge in [0.05, 0.1) is 22.8 Å². The van der Waals surface area contributed by atoms with E-state index in [1.165, 1.54) is 11.3 Å². The number of carbonyl (C=O) groups is 1. The van der Waals surface area contributed by atoms with Gasteiger partial charge in [-0.3, -0.25) is 4.79 Å². The van der Waals surface area contributed by atoms with E-state index in [0.717, 1.165) is 21.7 Å². The second kappa shape index (κ2) is 7.26. The Bertz CT molecular complexity index is 1240. The zero-order chi connectivity index (χ0) is 19.8. The molecule has 0 spiro atoms. The molecule has 1 amide bonds. The van der Waals surface area contributed by atoms with Crippen LogP contribution in [0.5, 0.6) is 0 Å². The van der Waals surface area contributed by atoms with Crippen molar-refractivity contribution in [3.05, 3.63) is 74.1 Å². The molecule has 2 aromatic carbocycles. The largest absolute Gasteiger partial charge is 0.345 e. The highest BCUT2D eigenvalue weighted by atomic mass is 35.5. The molecule has 0 aliphatic carbocycles. The minimum Gasteiger partial charge on any atom is -0.345 e. The zero-order valence-electron chi connectivity index (χ0n) is 15.2. The summed E-state index contributed by atoms with van der Waals surface area (Å²) in [5, 5.41) is 4.39. The third-order valence-corrected chi connectivity index (χ3v) is 5.90. The molecule has 6 nitrogen and oxygen atoms in total. The SMILES string of the molecule is Cc1nc(-c2cccc(Cl)c2)sc1C(=O)NC(C)c1ccc2[nH]c(=O)[nH]c2c1. The Labute approximate surface area is 169 Å². The molecule has 2 heterocycles. The van der Waals surface area contributed by atoms with E-state index in [1.54, 1.807) is 6.07 Å². The maximum atomic E-state index is 12.8. The van der Waals surface area contributed by atoms with Crippen LogP contribution in [0, 0.1) is 6.92 Å². The van der Waals surface area contributed by atoms with Crippen molar-refractivity contribution in [2.45, 2.75) is 19.9 Å². The quantitative estimate of drug-likeness (QED) is 0.463. The first kappa shape index (κ1) is 18.5. The normalized spacial score (nSPS) is 12.2. The first-order valence-electron chi connectivity index (χ1n) is 8.67. The average Bonchev–Trinajstić information content (AvgIpc) is 3.22. The number of benzene rings is 2. The van der Waals surface area contributed by atoms with E-state index in [2.05, 4.69) is 20.3 Å². The van der Waals surface area contributed by atoms with Crippen LogP contribution in [0.1, 0.15) is 33.9 Å². The highest BCUT2D eigenvalue weighted by molar-refractivity contribution is 7.17. The number of rotatable bonds is 4. The lowest BCUT2D eigenvalue weighted by atomic mass is 10.1. The number of hydrogen-bond acceptors (Lipinski definition) is 4. The van der Waals surface area contributed by atoms with Gasteiger partial charge in [-0.1, -0.05) is 29.8 Å². The summed E-state index contributed by atoms with van der Waals surface area (Å²) in [6.07, 6.45) is 0. The molecule has 0 aliphatic rings. The summed E-state index contributed by atoms with van der Waals surface area (Å²) in [7, 11) is 0. The van der Waals surface area contributed by atoms with Crippen molar-refractivity contribution in [3.8, 4) is 10.6 Å². The van der Waals surface area contributed by atoms with Crippen molar-refractivity contribution in [2.75, 3.05) is 0 Å². The third-order valence-electron chi connectivity index (χ3n) is 4.46. The van der Waals surface area contributed by atoms with Crippen LogP contribution in [0.3, 0.4) is 0 Å². The molecule has 142 valence electrons. The summed E-state index contributed by atoms with van der Waals surface area (Å²) in [5.41, 5.74) is 3.65.